The van der Waals surface area contributed by atoms with E-state index in [1.54, 1.807) is 6.92 Å². The Hall–Kier alpha value is -1.95. The first-order chi connectivity index (χ1) is 11.0. The highest BCUT2D eigenvalue weighted by molar-refractivity contribution is 6.30. The van der Waals surface area contributed by atoms with Crippen molar-refractivity contribution >= 4 is 17.5 Å². The topological polar surface area (TPSA) is 68.0 Å². The summed E-state index contributed by atoms with van der Waals surface area (Å²) in [4.78, 5) is 16.8. The van der Waals surface area contributed by atoms with Gasteiger partial charge in [0.1, 0.15) is 11.4 Å². The molecule has 1 aliphatic rings. The van der Waals surface area contributed by atoms with Gasteiger partial charge in [0.05, 0.1) is 5.56 Å². The van der Waals surface area contributed by atoms with Crippen LogP contribution >= 0.6 is 11.6 Å². The predicted molar refractivity (Wildman–Crippen MR) is 82.7 cm³/mol. The summed E-state index contributed by atoms with van der Waals surface area (Å²) in [5, 5.41) is 7.16. The van der Waals surface area contributed by atoms with E-state index in [0.717, 1.165) is 25.3 Å². The van der Waals surface area contributed by atoms with Crippen LogP contribution in [0.15, 0.2) is 22.7 Å². The van der Waals surface area contributed by atoms with Gasteiger partial charge in [0.2, 0.25) is 5.89 Å². The molecule has 1 N–H and O–H groups in total. The lowest BCUT2D eigenvalue weighted by atomic mass is 9.80. The van der Waals surface area contributed by atoms with E-state index in [1.807, 2.05) is 0 Å². The Morgan fingerprint density at radius 3 is 2.70 bits per heavy atom. The van der Waals surface area contributed by atoms with Crippen molar-refractivity contribution in [3.05, 3.63) is 46.3 Å². The molecule has 1 fully saturated rings. The fourth-order valence-corrected chi connectivity index (χ4v) is 3.17. The molecule has 23 heavy (non-hydrogen) atoms. The molecule has 7 heteroatoms. The van der Waals surface area contributed by atoms with Crippen molar-refractivity contribution in [1.82, 2.24) is 15.5 Å². The van der Waals surface area contributed by atoms with E-state index in [1.165, 1.54) is 12.1 Å². The van der Waals surface area contributed by atoms with Crippen molar-refractivity contribution in [2.75, 3.05) is 0 Å². The third-order valence-electron chi connectivity index (χ3n) is 4.19. The number of nitrogens with one attached hydrogen (secondary N) is 1. The van der Waals surface area contributed by atoms with Gasteiger partial charge in [-0.2, -0.15) is 4.98 Å². The third kappa shape index (κ3) is 3.22. The summed E-state index contributed by atoms with van der Waals surface area (Å²) in [6.07, 6.45) is 4.37. The summed E-state index contributed by atoms with van der Waals surface area (Å²) in [7, 11) is 0. The monoisotopic (exact) mass is 337 g/mol. The maximum atomic E-state index is 14.0. The van der Waals surface area contributed by atoms with Gasteiger partial charge in [0, 0.05) is 11.9 Å². The van der Waals surface area contributed by atoms with Gasteiger partial charge in [0.25, 0.3) is 5.91 Å². The molecule has 1 aromatic heterocycles. The zero-order chi connectivity index (χ0) is 16.4. The molecule has 0 saturated heterocycles. The molecule has 122 valence electrons. The lowest BCUT2D eigenvalue weighted by Gasteiger charge is -2.35. The highest BCUT2D eigenvalue weighted by atomic mass is 35.5. The SMILES string of the molecule is Cc1nc(C2(NC(=O)c3ccc(Cl)cc3F)CCCCC2)no1. The second kappa shape index (κ2) is 6.28. The number of benzene rings is 1. The summed E-state index contributed by atoms with van der Waals surface area (Å²) in [5.74, 6) is -0.247. The number of aromatic nitrogens is 2. The summed E-state index contributed by atoms with van der Waals surface area (Å²) < 4.78 is 19.1. The summed E-state index contributed by atoms with van der Waals surface area (Å²) in [5.41, 5.74) is -0.751. The maximum Gasteiger partial charge on any atom is 0.255 e. The van der Waals surface area contributed by atoms with Crippen molar-refractivity contribution < 1.29 is 13.7 Å². The average Bonchev–Trinajstić information content (AvgIpc) is 2.95. The Morgan fingerprint density at radius 1 is 1.35 bits per heavy atom. The zero-order valence-electron chi connectivity index (χ0n) is 12.7. The van der Waals surface area contributed by atoms with E-state index in [0.29, 0.717) is 24.6 Å². The molecule has 0 spiro atoms. The van der Waals surface area contributed by atoms with Crippen LogP contribution in [0.25, 0.3) is 0 Å². The highest BCUT2D eigenvalue weighted by Gasteiger charge is 2.40. The maximum absolute atomic E-state index is 14.0. The molecule has 0 bridgehead atoms. The Balaban J connectivity index is 1.91. The number of rotatable bonds is 3. The molecule has 1 amide bonds. The molecule has 1 heterocycles. The Labute approximate surface area is 138 Å². The minimum Gasteiger partial charge on any atom is -0.340 e. The molecule has 2 aromatic rings. The van der Waals surface area contributed by atoms with Crippen LogP contribution in [0.4, 0.5) is 4.39 Å². The molecular weight excluding hydrogens is 321 g/mol. The predicted octanol–water partition coefficient (Wildman–Crippen LogP) is 3.76. The third-order valence-corrected chi connectivity index (χ3v) is 4.43. The molecule has 1 saturated carbocycles. The number of carbonyl (C=O) groups is 1. The molecule has 0 radical (unpaired) electrons. The van der Waals surface area contributed by atoms with Gasteiger partial charge < -0.3 is 9.84 Å². The van der Waals surface area contributed by atoms with Crippen LogP contribution < -0.4 is 5.32 Å². The second-order valence-corrected chi connectivity index (χ2v) is 6.29. The van der Waals surface area contributed by atoms with Crippen LogP contribution in [0.3, 0.4) is 0 Å². The van der Waals surface area contributed by atoms with Crippen molar-refractivity contribution in [1.29, 1.82) is 0 Å². The van der Waals surface area contributed by atoms with E-state index in [4.69, 9.17) is 16.1 Å². The quantitative estimate of drug-likeness (QED) is 0.926. The van der Waals surface area contributed by atoms with E-state index < -0.39 is 17.3 Å². The number of halogens is 2. The van der Waals surface area contributed by atoms with E-state index in [-0.39, 0.29) is 10.6 Å². The van der Waals surface area contributed by atoms with E-state index in [2.05, 4.69) is 15.5 Å². The molecule has 1 aliphatic carbocycles. The van der Waals surface area contributed by atoms with Crippen LogP contribution in [0.2, 0.25) is 5.02 Å². The molecular formula is C16H17ClFN3O2. The fraction of sp³-hybridized carbons (Fsp3) is 0.438. The minimum atomic E-state index is -0.709. The number of hydrogen-bond donors (Lipinski definition) is 1. The van der Waals surface area contributed by atoms with Crippen LogP contribution in [-0.2, 0) is 5.54 Å². The van der Waals surface area contributed by atoms with Gasteiger partial charge in [0.15, 0.2) is 5.82 Å². The largest absolute Gasteiger partial charge is 0.340 e. The van der Waals surface area contributed by atoms with Crippen molar-refractivity contribution in [3.63, 3.8) is 0 Å². The van der Waals surface area contributed by atoms with Gasteiger partial charge in [-0.1, -0.05) is 36.0 Å². The molecule has 3 rings (SSSR count). The second-order valence-electron chi connectivity index (χ2n) is 5.86. The average molecular weight is 338 g/mol. The van der Waals surface area contributed by atoms with Gasteiger partial charge in [-0.25, -0.2) is 4.39 Å². The Morgan fingerprint density at radius 2 is 2.09 bits per heavy atom. The number of amides is 1. The molecule has 0 aliphatic heterocycles. The normalized spacial score (nSPS) is 17.0. The number of carbonyl (C=O) groups excluding carboxylic acids is 1. The first-order valence-corrected chi connectivity index (χ1v) is 7.96. The van der Waals surface area contributed by atoms with E-state index >= 15 is 0 Å². The summed E-state index contributed by atoms with van der Waals surface area (Å²) in [6, 6.07) is 4.00. The number of aryl methyl sites for hydroxylation is 1. The fourth-order valence-electron chi connectivity index (χ4n) is 3.01. The minimum absolute atomic E-state index is 0.0421. The number of hydrogen-bond acceptors (Lipinski definition) is 4. The standard InChI is InChI=1S/C16H17ClFN3O2/c1-10-19-15(21-23-10)16(7-3-2-4-8-16)20-14(22)12-6-5-11(17)9-13(12)18/h5-6,9H,2-4,7-8H2,1H3,(H,20,22). The molecule has 0 unspecified atom stereocenters. The molecule has 0 atom stereocenters. The van der Waals surface area contributed by atoms with Crippen molar-refractivity contribution in [2.24, 2.45) is 0 Å². The smallest absolute Gasteiger partial charge is 0.255 e. The van der Waals surface area contributed by atoms with Crippen LogP contribution in [0, 0.1) is 12.7 Å². The van der Waals surface area contributed by atoms with E-state index in [9.17, 15) is 9.18 Å². The van der Waals surface area contributed by atoms with Gasteiger partial charge in [-0.3, -0.25) is 4.79 Å². The van der Waals surface area contributed by atoms with Gasteiger partial charge in [-0.15, -0.1) is 0 Å². The Kier molecular flexibility index (Phi) is 4.35. The van der Waals surface area contributed by atoms with Crippen LogP contribution in [0.1, 0.15) is 54.2 Å². The zero-order valence-corrected chi connectivity index (χ0v) is 13.5. The number of nitrogens with zero attached hydrogens (tertiary/aromatic N) is 2. The van der Waals surface area contributed by atoms with Crippen molar-refractivity contribution in [2.45, 2.75) is 44.6 Å². The van der Waals surface area contributed by atoms with Crippen LogP contribution in [0.5, 0.6) is 0 Å². The van der Waals surface area contributed by atoms with Gasteiger partial charge in [-0.05, 0) is 31.0 Å². The lowest BCUT2D eigenvalue weighted by Crippen LogP contribution is -2.48. The lowest BCUT2D eigenvalue weighted by molar-refractivity contribution is 0.0851. The summed E-state index contributed by atoms with van der Waals surface area (Å²) >= 11 is 5.74. The highest BCUT2D eigenvalue weighted by Crippen LogP contribution is 2.36. The Bertz CT molecular complexity index is 726. The molecule has 5 nitrogen and oxygen atoms in total. The first kappa shape index (κ1) is 15.9. The van der Waals surface area contributed by atoms with Crippen LogP contribution in [-0.4, -0.2) is 16.0 Å². The summed E-state index contributed by atoms with van der Waals surface area (Å²) in [6.45, 7) is 1.70. The molecule has 1 aromatic carbocycles. The van der Waals surface area contributed by atoms with Crippen molar-refractivity contribution in [3.8, 4) is 0 Å². The van der Waals surface area contributed by atoms with Gasteiger partial charge >= 0.3 is 0 Å². The first-order valence-electron chi connectivity index (χ1n) is 7.58.